The average molecular weight is 289 g/mol. The molecule has 0 aliphatic carbocycles. The monoisotopic (exact) mass is 289 g/mol. The predicted octanol–water partition coefficient (Wildman–Crippen LogP) is 4.29. The Hall–Kier alpha value is -1.84. The second-order valence-corrected chi connectivity index (χ2v) is 6.48. The topological polar surface area (TPSA) is 43.8 Å². The molecule has 1 heterocycles. The highest BCUT2D eigenvalue weighted by atomic mass is 19.1. The zero-order chi connectivity index (χ0) is 15.8. The number of aromatic nitrogens is 2. The Balaban J connectivity index is 2.68. The molecule has 0 unspecified atom stereocenters. The van der Waals surface area contributed by atoms with Crippen molar-refractivity contribution in [2.45, 2.75) is 53.0 Å². The van der Waals surface area contributed by atoms with Gasteiger partial charge >= 0.3 is 0 Å². The van der Waals surface area contributed by atoms with Gasteiger partial charge in [0.1, 0.15) is 23.2 Å². The van der Waals surface area contributed by atoms with Crippen molar-refractivity contribution in [3.63, 3.8) is 0 Å². The molecule has 0 atom stereocenters. The van der Waals surface area contributed by atoms with Gasteiger partial charge in [-0.3, -0.25) is 0 Å². The molecule has 0 amide bonds. The molecule has 2 N–H and O–H groups in total. The lowest BCUT2D eigenvalue weighted by Crippen LogP contribution is -2.25. The van der Waals surface area contributed by atoms with E-state index in [4.69, 9.17) is 10.7 Å². The molecule has 0 saturated carbocycles. The maximum atomic E-state index is 13.6. The number of nitrogens with two attached hydrogens (primary N) is 1. The van der Waals surface area contributed by atoms with Crippen molar-refractivity contribution in [3.05, 3.63) is 35.4 Å². The molecule has 0 fully saturated rings. The third-order valence-electron chi connectivity index (χ3n) is 3.58. The lowest BCUT2D eigenvalue weighted by atomic mass is 10.0. The number of aryl methyl sites for hydroxylation is 2. The fourth-order valence-corrected chi connectivity index (χ4v) is 2.67. The van der Waals surface area contributed by atoms with Gasteiger partial charge in [-0.2, -0.15) is 0 Å². The first kappa shape index (κ1) is 15.5. The van der Waals surface area contributed by atoms with Crippen LogP contribution >= 0.6 is 0 Å². The highest BCUT2D eigenvalue weighted by Crippen LogP contribution is 2.33. The molecule has 4 heteroatoms. The summed E-state index contributed by atoms with van der Waals surface area (Å²) < 4.78 is 15.6. The number of imidazole rings is 1. The first-order chi connectivity index (χ1) is 9.75. The Labute approximate surface area is 126 Å². The van der Waals surface area contributed by atoms with Gasteiger partial charge in [0.2, 0.25) is 0 Å². The maximum Gasteiger partial charge on any atom is 0.132 e. The van der Waals surface area contributed by atoms with Crippen LogP contribution in [0.25, 0.3) is 11.3 Å². The number of anilines is 1. The minimum absolute atomic E-state index is 0.152. The number of nitrogen functional groups attached to an aromatic ring is 1. The first-order valence-electron chi connectivity index (χ1n) is 7.39. The van der Waals surface area contributed by atoms with Crippen LogP contribution in [0.2, 0.25) is 0 Å². The molecule has 0 spiro atoms. The van der Waals surface area contributed by atoms with Crippen molar-refractivity contribution in [2.24, 2.45) is 0 Å². The molecule has 0 aliphatic heterocycles. The van der Waals surface area contributed by atoms with Crippen molar-refractivity contribution in [1.29, 1.82) is 0 Å². The van der Waals surface area contributed by atoms with Crippen LogP contribution in [0.4, 0.5) is 10.2 Å². The van der Waals surface area contributed by atoms with E-state index in [1.54, 1.807) is 6.07 Å². The smallest absolute Gasteiger partial charge is 0.132 e. The highest BCUT2D eigenvalue weighted by Gasteiger charge is 2.24. The third kappa shape index (κ3) is 2.94. The summed E-state index contributed by atoms with van der Waals surface area (Å²) in [5.41, 5.74) is 8.63. The van der Waals surface area contributed by atoms with Crippen LogP contribution < -0.4 is 5.73 Å². The van der Waals surface area contributed by atoms with Gasteiger partial charge in [0.15, 0.2) is 0 Å². The van der Waals surface area contributed by atoms with Gasteiger partial charge in [-0.05, 0) is 51.8 Å². The van der Waals surface area contributed by atoms with Gasteiger partial charge in [0.05, 0.1) is 0 Å². The van der Waals surface area contributed by atoms with Crippen molar-refractivity contribution in [2.75, 3.05) is 5.73 Å². The van der Waals surface area contributed by atoms with E-state index >= 15 is 0 Å². The molecule has 0 aliphatic rings. The standard InChI is InChI=1S/C17H24FN3/c1-6-7-14-20-15(16(19)21(14)17(3,4)5)13-10-12(18)9-8-11(13)2/h8-10H,6-7,19H2,1-5H3. The number of hydrogen-bond acceptors (Lipinski definition) is 2. The van der Waals surface area contributed by atoms with Gasteiger partial charge in [0.25, 0.3) is 0 Å². The summed E-state index contributed by atoms with van der Waals surface area (Å²) in [7, 11) is 0. The Bertz CT molecular complexity index is 651. The molecule has 2 aromatic rings. The van der Waals surface area contributed by atoms with E-state index in [9.17, 15) is 4.39 Å². The minimum atomic E-state index is -0.266. The Morgan fingerprint density at radius 2 is 1.95 bits per heavy atom. The fourth-order valence-electron chi connectivity index (χ4n) is 2.67. The molecule has 0 radical (unpaired) electrons. The van der Waals surface area contributed by atoms with Crippen molar-refractivity contribution < 1.29 is 4.39 Å². The number of hydrogen-bond donors (Lipinski definition) is 1. The number of nitrogens with zero attached hydrogens (tertiary/aromatic N) is 2. The normalized spacial score (nSPS) is 11.9. The van der Waals surface area contributed by atoms with E-state index in [-0.39, 0.29) is 11.4 Å². The van der Waals surface area contributed by atoms with Gasteiger partial charge in [-0.25, -0.2) is 9.37 Å². The molecule has 1 aromatic heterocycles. The van der Waals surface area contributed by atoms with E-state index in [1.807, 2.05) is 6.92 Å². The van der Waals surface area contributed by atoms with Crippen LogP contribution in [0.3, 0.4) is 0 Å². The van der Waals surface area contributed by atoms with E-state index < -0.39 is 0 Å². The number of rotatable bonds is 3. The van der Waals surface area contributed by atoms with Gasteiger partial charge in [-0.15, -0.1) is 0 Å². The van der Waals surface area contributed by atoms with Crippen LogP contribution in [-0.4, -0.2) is 9.55 Å². The molecule has 2 rings (SSSR count). The lowest BCUT2D eigenvalue weighted by Gasteiger charge is -2.25. The molecule has 3 nitrogen and oxygen atoms in total. The molecule has 114 valence electrons. The van der Waals surface area contributed by atoms with E-state index in [0.29, 0.717) is 11.5 Å². The molecule has 0 saturated heterocycles. The van der Waals surface area contributed by atoms with Gasteiger partial charge < -0.3 is 10.3 Å². The van der Waals surface area contributed by atoms with Crippen molar-refractivity contribution in [1.82, 2.24) is 9.55 Å². The lowest BCUT2D eigenvalue weighted by molar-refractivity contribution is 0.387. The largest absolute Gasteiger partial charge is 0.383 e. The highest BCUT2D eigenvalue weighted by molar-refractivity contribution is 5.74. The second kappa shape index (κ2) is 5.51. The molecule has 21 heavy (non-hydrogen) atoms. The van der Waals surface area contributed by atoms with Crippen LogP contribution in [0, 0.1) is 12.7 Å². The quantitative estimate of drug-likeness (QED) is 0.916. The van der Waals surface area contributed by atoms with Crippen LogP contribution in [0.15, 0.2) is 18.2 Å². The molecular weight excluding hydrogens is 265 g/mol. The average Bonchev–Trinajstić information content (AvgIpc) is 2.69. The van der Waals surface area contributed by atoms with Crippen LogP contribution in [0.1, 0.15) is 45.5 Å². The molecule has 0 bridgehead atoms. The fraction of sp³-hybridized carbons (Fsp3) is 0.471. The van der Waals surface area contributed by atoms with Crippen molar-refractivity contribution >= 4 is 5.82 Å². The Morgan fingerprint density at radius 3 is 2.52 bits per heavy atom. The third-order valence-corrected chi connectivity index (χ3v) is 3.58. The summed E-state index contributed by atoms with van der Waals surface area (Å²) in [6.07, 6.45) is 1.85. The first-order valence-corrected chi connectivity index (χ1v) is 7.39. The van der Waals surface area contributed by atoms with Crippen molar-refractivity contribution in [3.8, 4) is 11.3 Å². The molecular formula is C17H24FN3. The summed E-state index contributed by atoms with van der Waals surface area (Å²) in [5.74, 6) is 1.30. The summed E-state index contributed by atoms with van der Waals surface area (Å²) in [6, 6.07) is 4.74. The minimum Gasteiger partial charge on any atom is -0.383 e. The van der Waals surface area contributed by atoms with Crippen LogP contribution in [0.5, 0.6) is 0 Å². The summed E-state index contributed by atoms with van der Waals surface area (Å²) in [6.45, 7) is 10.4. The van der Waals surface area contributed by atoms with E-state index in [1.165, 1.54) is 12.1 Å². The van der Waals surface area contributed by atoms with Crippen LogP contribution in [-0.2, 0) is 12.0 Å². The second-order valence-electron chi connectivity index (χ2n) is 6.48. The van der Waals surface area contributed by atoms with Gasteiger partial charge in [0, 0.05) is 17.5 Å². The number of benzene rings is 1. The summed E-state index contributed by atoms with van der Waals surface area (Å²) >= 11 is 0. The van der Waals surface area contributed by atoms with E-state index in [0.717, 1.165) is 29.8 Å². The van der Waals surface area contributed by atoms with E-state index in [2.05, 4.69) is 32.3 Å². The Kier molecular flexibility index (Phi) is 4.08. The zero-order valence-corrected chi connectivity index (χ0v) is 13.5. The predicted molar refractivity (Wildman–Crippen MR) is 85.8 cm³/mol. The number of halogens is 1. The molecule has 1 aromatic carbocycles. The maximum absolute atomic E-state index is 13.6. The SMILES string of the molecule is CCCc1nc(-c2cc(F)ccc2C)c(N)n1C(C)(C)C. The Morgan fingerprint density at radius 1 is 1.29 bits per heavy atom. The summed E-state index contributed by atoms with van der Waals surface area (Å²) in [4.78, 5) is 4.71. The van der Waals surface area contributed by atoms with Gasteiger partial charge in [-0.1, -0.05) is 13.0 Å². The zero-order valence-electron chi connectivity index (χ0n) is 13.5. The summed E-state index contributed by atoms with van der Waals surface area (Å²) in [5, 5.41) is 0.